The minimum absolute atomic E-state index is 0.0810. The minimum atomic E-state index is -2.33. The zero-order valence-corrected chi connectivity index (χ0v) is 23.3. The van der Waals surface area contributed by atoms with Gasteiger partial charge in [0.15, 0.2) is 18.3 Å². The van der Waals surface area contributed by atoms with E-state index in [1.165, 1.54) is 12.1 Å². The molecule has 0 saturated carbocycles. The van der Waals surface area contributed by atoms with Gasteiger partial charge in [-0.3, -0.25) is 10.2 Å². The van der Waals surface area contributed by atoms with Gasteiger partial charge in [0.2, 0.25) is 12.2 Å². The molecule has 2 aromatic rings. The van der Waals surface area contributed by atoms with E-state index in [1.807, 2.05) is 0 Å². The van der Waals surface area contributed by atoms with Crippen molar-refractivity contribution in [3.05, 3.63) is 71.8 Å². The van der Waals surface area contributed by atoms with Crippen LogP contribution in [0, 0.1) is 5.41 Å². The number of hydrogen-bond acceptors (Lipinski definition) is 10. The molecule has 0 aliphatic carbocycles. The maximum absolute atomic E-state index is 13.1. The highest BCUT2D eigenvalue weighted by Gasteiger charge is 2.56. The largest absolute Gasteiger partial charge is 0.467 e. The lowest BCUT2D eigenvalue weighted by molar-refractivity contribution is -0.287. The van der Waals surface area contributed by atoms with Crippen molar-refractivity contribution in [2.24, 2.45) is 0 Å². The number of esters is 3. The molecule has 3 rings (SSSR count). The van der Waals surface area contributed by atoms with E-state index in [4.69, 9.17) is 80.2 Å². The van der Waals surface area contributed by atoms with Crippen molar-refractivity contribution >= 4 is 70.2 Å². The van der Waals surface area contributed by atoms with E-state index in [-0.39, 0.29) is 12.2 Å². The molecule has 1 heterocycles. The lowest BCUT2D eigenvalue weighted by atomic mass is 9.97. The maximum Gasteiger partial charge on any atom is 0.339 e. The average Bonchev–Trinajstić information content (AvgIpc) is 2.93. The second kappa shape index (κ2) is 14.2. The van der Waals surface area contributed by atoms with Gasteiger partial charge in [0.1, 0.15) is 12.0 Å². The zero-order valence-electron chi connectivity index (χ0n) is 20.3. The molecule has 1 aliphatic rings. The summed E-state index contributed by atoms with van der Waals surface area (Å²) in [5, 5.41) is 8.03. The Balaban J connectivity index is 2.06. The molecule has 0 spiro atoms. The van der Waals surface area contributed by atoms with Crippen molar-refractivity contribution in [1.82, 2.24) is 0 Å². The molecule has 0 aromatic heterocycles. The number of nitrogens with one attached hydrogen (secondary N) is 1. The number of methoxy groups -OCH3 is 1. The number of halogens is 4. The molecular formula is C25H23Cl4NO9. The summed E-state index contributed by atoms with van der Waals surface area (Å²) in [6.45, 7) is -0.0810. The van der Waals surface area contributed by atoms with Gasteiger partial charge in [0.05, 0.1) is 19.3 Å². The molecule has 39 heavy (non-hydrogen) atoms. The first-order valence-corrected chi connectivity index (χ1v) is 12.9. The summed E-state index contributed by atoms with van der Waals surface area (Å²) in [6, 6.07) is 16.8. The van der Waals surface area contributed by atoms with Crippen molar-refractivity contribution in [2.45, 2.75) is 41.1 Å². The van der Waals surface area contributed by atoms with Gasteiger partial charge in [-0.15, -0.1) is 11.6 Å². The van der Waals surface area contributed by atoms with Crippen LogP contribution >= 0.6 is 46.4 Å². The second-order valence-electron chi connectivity index (χ2n) is 7.98. The van der Waals surface area contributed by atoms with E-state index in [1.54, 1.807) is 48.5 Å². The molecular weight excluding hydrogens is 600 g/mol. The molecule has 14 heteroatoms. The highest BCUT2D eigenvalue weighted by atomic mass is 35.6. The van der Waals surface area contributed by atoms with E-state index in [9.17, 15) is 14.4 Å². The summed E-state index contributed by atoms with van der Waals surface area (Å²) in [5.74, 6) is -4.22. The molecule has 1 aliphatic heterocycles. The predicted octanol–water partition coefficient (Wildman–Crippen LogP) is 4.21. The molecule has 1 fully saturated rings. The topological polar surface area (TPSA) is 130 Å². The highest BCUT2D eigenvalue weighted by molar-refractivity contribution is 6.76. The highest BCUT2D eigenvalue weighted by Crippen LogP contribution is 2.34. The summed E-state index contributed by atoms with van der Waals surface area (Å²) in [6.07, 6.45) is -7.89. The molecule has 10 nitrogen and oxygen atoms in total. The van der Waals surface area contributed by atoms with Crippen molar-refractivity contribution in [3.63, 3.8) is 0 Å². The van der Waals surface area contributed by atoms with Crippen LogP contribution in [0.25, 0.3) is 0 Å². The smallest absolute Gasteiger partial charge is 0.339 e. The Kier molecular flexibility index (Phi) is 11.2. The first kappa shape index (κ1) is 30.9. The van der Waals surface area contributed by atoms with Crippen molar-refractivity contribution in [1.29, 1.82) is 5.41 Å². The Labute approximate surface area is 243 Å². The number of carbonyl (C=O) groups is 3. The van der Waals surface area contributed by atoms with Crippen LogP contribution in [0.4, 0.5) is 0 Å². The van der Waals surface area contributed by atoms with Crippen LogP contribution < -0.4 is 0 Å². The maximum atomic E-state index is 13.1. The standard InChI is InChI=1S/C25H23Cl4NO9/c1-34-22(33)19-18(36-16(31)12-26)17(35-13-14-8-4-2-5-9-14)20(23(38-19)39-24(30)25(27,28)29)37-21(32)15-10-6-3-7-11-15/h2-11,17-20,23,30H,12-13H2,1H3/t17-,18-,19+,20+,23?/m0/s1. The summed E-state index contributed by atoms with van der Waals surface area (Å²) < 4.78 is 30.8. The third-order valence-corrected chi connectivity index (χ3v) is 6.07. The van der Waals surface area contributed by atoms with E-state index in [2.05, 4.69) is 0 Å². The van der Waals surface area contributed by atoms with Gasteiger partial charge in [-0.1, -0.05) is 83.3 Å². The quantitative estimate of drug-likeness (QED) is 0.144. The first-order chi connectivity index (χ1) is 18.5. The van der Waals surface area contributed by atoms with Crippen molar-refractivity contribution < 1.29 is 42.8 Å². The fourth-order valence-electron chi connectivity index (χ4n) is 3.55. The molecule has 1 N–H and O–H groups in total. The Morgan fingerprint density at radius 3 is 2.08 bits per heavy atom. The molecule has 210 valence electrons. The summed E-state index contributed by atoms with van der Waals surface area (Å²) >= 11 is 23.0. The lowest BCUT2D eigenvalue weighted by Crippen LogP contribution is -2.64. The monoisotopic (exact) mass is 621 g/mol. The van der Waals surface area contributed by atoms with Gasteiger partial charge in [0, 0.05) is 0 Å². The molecule has 0 amide bonds. The van der Waals surface area contributed by atoms with Crippen LogP contribution in [0.15, 0.2) is 60.7 Å². The summed E-state index contributed by atoms with van der Waals surface area (Å²) in [4.78, 5) is 38.1. The number of alkyl halides is 4. The normalized spacial score (nSPS) is 22.8. The number of hydrogen-bond donors (Lipinski definition) is 1. The van der Waals surface area contributed by atoms with Crippen molar-refractivity contribution in [3.8, 4) is 0 Å². The van der Waals surface area contributed by atoms with E-state index in [0.29, 0.717) is 5.56 Å². The third kappa shape index (κ3) is 8.44. The van der Waals surface area contributed by atoms with Crippen molar-refractivity contribution in [2.75, 3.05) is 13.0 Å². The lowest BCUT2D eigenvalue weighted by Gasteiger charge is -2.43. The fourth-order valence-corrected chi connectivity index (χ4v) is 3.75. The molecule has 1 saturated heterocycles. The van der Waals surface area contributed by atoms with E-state index in [0.717, 1.165) is 7.11 Å². The Morgan fingerprint density at radius 1 is 0.897 bits per heavy atom. The van der Waals surface area contributed by atoms with E-state index >= 15 is 0 Å². The fraction of sp³-hybridized carbons (Fsp3) is 0.360. The van der Waals surface area contributed by atoms with Crippen LogP contribution in [0.1, 0.15) is 15.9 Å². The van der Waals surface area contributed by atoms with Crippen LogP contribution in [0.5, 0.6) is 0 Å². The molecule has 0 bridgehead atoms. The molecule has 5 atom stereocenters. The number of ether oxygens (including phenoxy) is 6. The Bertz CT molecular complexity index is 1150. The van der Waals surface area contributed by atoms with Gasteiger partial charge in [-0.2, -0.15) is 0 Å². The molecule has 0 radical (unpaired) electrons. The zero-order chi connectivity index (χ0) is 28.6. The summed E-state index contributed by atoms with van der Waals surface area (Å²) in [7, 11) is 1.08. The van der Waals surface area contributed by atoms with Gasteiger partial charge in [-0.05, 0) is 17.7 Å². The summed E-state index contributed by atoms with van der Waals surface area (Å²) in [5.41, 5.74) is 0.847. The SMILES string of the molecule is COC(=O)[C@@H]1OC(OC(=N)C(Cl)(Cl)Cl)[C@H](OC(=O)c2ccccc2)[C@@H](OCc2ccccc2)[C@@H]1OC(=O)CCl. The number of rotatable bonds is 9. The van der Waals surface area contributed by atoms with Crippen LogP contribution in [0.2, 0.25) is 0 Å². The number of carbonyl (C=O) groups excluding carboxylic acids is 3. The van der Waals surface area contributed by atoms with Gasteiger partial charge in [-0.25, -0.2) is 9.59 Å². The Hall–Kier alpha value is -2.60. The molecule has 1 unspecified atom stereocenters. The van der Waals surface area contributed by atoms with Crippen LogP contribution in [-0.2, 0) is 44.6 Å². The van der Waals surface area contributed by atoms with E-state index < -0.39 is 64.2 Å². The third-order valence-electron chi connectivity index (χ3n) is 5.33. The molecule has 2 aromatic carbocycles. The van der Waals surface area contributed by atoms with Crippen LogP contribution in [-0.4, -0.2) is 71.3 Å². The predicted molar refractivity (Wildman–Crippen MR) is 141 cm³/mol. The minimum Gasteiger partial charge on any atom is -0.467 e. The van der Waals surface area contributed by atoms with Crippen LogP contribution in [0.3, 0.4) is 0 Å². The second-order valence-corrected chi connectivity index (χ2v) is 10.5. The van der Waals surface area contributed by atoms with Gasteiger partial charge in [0.25, 0.3) is 3.79 Å². The average molecular weight is 623 g/mol. The van der Waals surface area contributed by atoms with Gasteiger partial charge >= 0.3 is 17.9 Å². The Morgan fingerprint density at radius 2 is 1.51 bits per heavy atom. The number of benzene rings is 2. The first-order valence-electron chi connectivity index (χ1n) is 11.3. The van der Waals surface area contributed by atoms with Gasteiger partial charge < -0.3 is 28.4 Å².